The average molecular weight is 404 g/mol. The highest BCUT2D eigenvalue weighted by atomic mass is 32.2. The van der Waals surface area contributed by atoms with E-state index in [9.17, 15) is 17.6 Å². The van der Waals surface area contributed by atoms with E-state index in [0.717, 1.165) is 5.69 Å². The molecule has 140 valence electrons. The summed E-state index contributed by atoms with van der Waals surface area (Å²) in [5.41, 5.74) is 1.51. The second-order valence-corrected chi connectivity index (χ2v) is 9.96. The van der Waals surface area contributed by atoms with Gasteiger partial charge in [-0.1, -0.05) is 42.1 Å². The van der Waals surface area contributed by atoms with Crippen molar-refractivity contribution in [1.82, 2.24) is 0 Å². The first kappa shape index (κ1) is 18.2. The molecule has 2 atom stereocenters. The monoisotopic (exact) mass is 404 g/mol. The number of aliphatic imine (C=N–C) groups is 1. The van der Waals surface area contributed by atoms with Crippen LogP contribution in [0.2, 0.25) is 0 Å². The van der Waals surface area contributed by atoms with Gasteiger partial charge in [-0.2, -0.15) is 4.99 Å². The first-order valence-corrected chi connectivity index (χ1v) is 11.2. The molecule has 2 aliphatic heterocycles. The number of para-hydroxylation sites is 1. The lowest BCUT2D eigenvalue weighted by molar-refractivity contribution is -0.117. The van der Waals surface area contributed by atoms with Crippen molar-refractivity contribution in [2.24, 2.45) is 4.99 Å². The Morgan fingerprint density at radius 1 is 1.11 bits per heavy atom. The molecular weight excluding hydrogens is 387 g/mol. The molecule has 5 nitrogen and oxygen atoms in total. The first-order valence-electron chi connectivity index (χ1n) is 8.49. The predicted molar refractivity (Wildman–Crippen MR) is 105 cm³/mol. The number of amides is 1. The molecule has 2 unspecified atom stereocenters. The number of hydrogen-bond acceptors (Lipinski definition) is 4. The van der Waals surface area contributed by atoms with Gasteiger partial charge in [-0.3, -0.25) is 4.79 Å². The van der Waals surface area contributed by atoms with E-state index < -0.39 is 9.84 Å². The molecule has 2 heterocycles. The second-order valence-electron chi connectivity index (χ2n) is 6.60. The van der Waals surface area contributed by atoms with Gasteiger partial charge >= 0.3 is 0 Å². The van der Waals surface area contributed by atoms with Crippen molar-refractivity contribution in [1.29, 1.82) is 0 Å². The van der Waals surface area contributed by atoms with Crippen molar-refractivity contribution in [3.8, 4) is 0 Å². The van der Waals surface area contributed by atoms with Gasteiger partial charge in [0.05, 0.1) is 24.0 Å². The summed E-state index contributed by atoms with van der Waals surface area (Å²) in [5, 5.41) is 0.394. The Morgan fingerprint density at radius 2 is 1.81 bits per heavy atom. The van der Waals surface area contributed by atoms with Crippen LogP contribution in [0.5, 0.6) is 0 Å². The van der Waals surface area contributed by atoms with E-state index in [2.05, 4.69) is 4.99 Å². The van der Waals surface area contributed by atoms with Crippen molar-refractivity contribution in [3.63, 3.8) is 0 Å². The minimum atomic E-state index is -3.09. The summed E-state index contributed by atoms with van der Waals surface area (Å²) in [6.07, 6.45) is 0.0700. The number of thioether (sulfide) groups is 1. The quantitative estimate of drug-likeness (QED) is 0.787. The number of amidine groups is 1. The van der Waals surface area contributed by atoms with Gasteiger partial charge in [-0.25, -0.2) is 12.8 Å². The topological polar surface area (TPSA) is 66.8 Å². The molecule has 0 N–H and O–H groups in total. The maximum Gasteiger partial charge on any atom is 0.252 e. The van der Waals surface area contributed by atoms with E-state index >= 15 is 0 Å². The zero-order valence-corrected chi connectivity index (χ0v) is 15.9. The fourth-order valence-electron chi connectivity index (χ4n) is 3.38. The van der Waals surface area contributed by atoms with Gasteiger partial charge in [0.15, 0.2) is 15.0 Å². The third-order valence-corrected chi connectivity index (χ3v) is 7.80. The van der Waals surface area contributed by atoms with Crippen LogP contribution in [-0.2, 0) is 21.1 Å². The van der Waals surface area contributed by atoms with Gasteiger partial charge in [-0.05, 0) is 29.8 Å². The van der Waals surface area contributed by atoms with Gasteiger partial charge < -0.3 is 4.90 Å². The van der Waals surface area contributed by atoms with Gasteiger partial charge in [-0.15, -0.1) is 0 Å². The summed E-state index contributed by atoms with van der Waals surface area (Å²) in [5.74, 6) is -0.539. The molecule has 0 aromatic heterocycles. The number of carbonyl (C=O) groups excluding carboxylic acids is 1. The molecule has 4 rings (SSSR count). The van der Waals surface area contributed by atoms with Crippen molar-refractivity contribution < 1.29 is 17.6 Å². The number of anilines is 1. The molecule has 2 saturated heterocycles. The number of hydrogen-bond donors (Lipinski definition) is 0. The Kier molecular flexibility index (Phi) is 4.77. The number of nitrogens with zero attached hydrogens (tertiary/aromatic N) is 2. The van der Waals surface area contributed by atoms with Crippen LogP contribution in [0.15, 0.2) is 59.6 Å². The molecule has 0 radical (unpaired) electrons. The Hall–Kier alpha value is -2.19. The lowest BCUT2D eigenvalue weighted by Crippen LogP contribution is -2.37. The van der Waals surface area contributed by atoms with Crippen molar-refractivity contribution in [2.45, 2.75) is 17.7 Å². The van der Waals surface area contributed by atoms with E-state index in [4.69, 9.17) is 0 Å². The zero-order valence-electron chi connectivity index (χ0n) is 14.3. The van der Waals surface area contributed by atoms with E-state index in [1.54, 1.807) is 12.1 Å². The number of halogens is 1. The summed E-state index contributed by atoms with van der Waals surface area (Å²) in [6.45, 7) is 0. The number of carbonyl (C=O) groups is 1. The van der Waals surface area contributed by atoms with Crippen LogP contribution in [0.3, 0.4) is 0 Å². The minimum Gasteiger partial charge on any atom is -0.316 e. The first-order chi connectivity index (χ1) is 12.9. The van der Waals surface area contributed by atoms with Crippen LogP contribution in [0, 0.1) is 5.82 Å². The van der Waals surface area contributed by atoms with Crippen molar-refractivity contribution in [3.05, 3.63) is 66.0 Å². The number of benzene rings is 2. The van der Waals surface area contributed by atoms with Crippen LogP contribution in [-0.4, -0.2) is 42.3 Å². The molecule has 2 aliphatic rings. The minimum absolute atomic E-state index is 0.0603. The van der Waals surface area contributed by atoms with Crippen LogP contribution in [0.1, 0.15) is 5.56 Å². The third-order valence-electron chi connectivity index (χ3n) is 4.59. The van der Waals surface area contributed by atoms with Crippen LogP contribution in [0.4, 0.5) is 10.1 Å². The Morgan fingerprint density at radius 3 is 2.52 bits per heavy atom. The van der Waals surface area contributed by atoms with E-state index in [1.807, 2.05) is 35.2 Å². The highest BCUT2D eigenvalue weighted by Gasteiger charge is 2.49. The van der Waals surface area contributed by atoms with E-state index in [0.29, 0.717) is 10.7 Å². The lowest BCUT2D eigenvalue weighted by atomic mass is 10.1. The normalized spacial score (nSPS) is 24.9. The molecule has 0 spiro atoms. The summed E-state index contributed by atoms with van der Waals surface area (Å²) >= 11 is 1.34. The van der Waals surface area contributed by atoms with Gasteiger partial charge in [0, 0.05) is 10.9 Å². The summed E-state index contributed by atoms with van der Waals surface area (Å²) < 4.78 is 37.1. The number of sulfone groups is 1. The van der Waals surface area contributed by atoms with Crippen LogP contribution < -0.4 is 4.90 Å². The molecular formula is C19H17FN2O3S2. The van der Waals surface area contributed by atoms with Crippen molar-refractivity contribution >= 4 is 38.4 Å². The molecule has 1 amide bonds. The largest absolute Gasteiger partial charge is 0.316 e. The van der Waals surface area contributed by atoms with Crippen LogP contribution >= 0.6 is 11.8 Å². The standard InChI is InChI=1S/C19H17FN2O3S2/c20-14-8-6-13(7-9-14)10-18(23)21-19-22(15-4-2-1-3-5-15)16-11-27(24,25)12-17(16)26-19/h1-9,16-17H,10-12H2. The Balaban J connectivity index is 1.61. The van der Waals surface area contributed by atoms with Crippen LogP contribution in [0.25, 0.3) is 0 Å². The Bertz CT molecular complexity index is 991. The number of rotatable bonds is 3. The maximum absolute atomic E-state index is 13.0. The average Bonchev–Trinajstić information content (AvgIpc) is 3.08. The van der Waals surface area contributed by atoms with Gasteiger partial charge in [0.1, 0.15) is 5.82 Å². The van der Waals surface area contributed by atoms with E-state index in [1.165, 1.54) is 23.9 Å². The highest BCUT2D eigenvalue weighted by molar-refractivity contribution is 8.16. The smallest absolute Gasteiger partial charge is 0.252 e. The summed E-state index contributed by atoms with van der Waals surface area (Å²) in [4.78, 5) is 18.6. The molecule has 8 heteroatoms. The SMILES string of the molecule is O=C(Cc1ccc(F)cc1)N=C1SC2CS(=O)(=O)CC2N1c1ccccc1. The maximum atomic E-state index is 13.0. The second kappa shape index (κ2) is 7.09. The van der Waals surface area contributed by atoms with Gasteiger partial charge in [0.25, 0.3) is 5.91 Å². The summed E-state index contributed by atoms with van der Waals surface area (Å²) in [6, 6.07) is 14.9. The Labute approximate surface area is 161 Å². The van der Waals surface area contributed by atoms with Gasteiger partial charge in [0.2, 0.25) is 0 Å². The molecule has 2 fully saturated rings. The molecule has 0 aliphatic carbocycles. The molecule has 27 heavy (non-hydrogen) atoms. The fraction of sp³-hybridized carbons (Fsp3) is 0.263. The third kappa shape index (κ3) is 3.91. The molecule has 2 aromatic rings. The fourth-order valence-corrected chi connectivity index (χ4v) is 7.31. The zero-order chi connectivity index (χ0) is 19.0. The summed E-state index contributed by atoms with van der Waals surface area (Å²) in [7, 11) is -3.09. The number of fused-ring (bicyclic) bond motifs is 1. The van der Waals surface area contributed by atoms with E-state index in [-0.39, 0.29) is 40.9 Å². The van der Waals surface area contributed by atoms with Crippen molar-refractivity contribution in [2.75, 3.05) is 16.4 Å². The predicted octanol–water partition coefficient (Wildman–Crippen LogP) is 2.67. The molecule has 0 saturated carbocycles. The lowest BCUT2D eigenvalue weighted by Gasteiger charge is -2.24. The molecule has 0 bridgehead atoms. The highest BCUT2D eigenvalue weighted by Crippen LogP contribution is 2.40. The molecule has 2 aromatic carbocycles.